The van der Waals surface area contributed by atoms with E-state index in [2.05, 4.69) is 39.6 Å². The predicted octanol–water partition coefficient (Wildman–Crippen LogP) is 4.75. The van der Waals surface area contributed by atoms with Gasteiger partial charge in [0.15, 0.2) is 5.75 Å². The molecule has 0 unspecified atom stereocenters. The molecule has 0 aliphatic rings. The van der Waals surface area contributed by atoms with E-state index >= 15 is 0 Å². The van der Waals surface area contributed by atoms with Crippen LogP contribution in [0.25, 0.3) is 11.3 Å². The number of anilines is 2. The molecule has 0 saturated carbocycles. The van der Waals surface area contributed by atoms with Crippen LogP contribution in [0.5, 0.6) is 5.75 Å². The quantitative estimate of drug-likeness (QED) is 0.384. The Balaban J connectivity index is 1.99. The van der Waals surface area contributed by atoms with Gasteiger partial charge >= 0.3 is 0 Å². The summed E-state index contributed by atoms with van der Waals surface area (Å²) < 4.78 is 5.67. The van der Waals surface area contributed by atoms with E-state index in [0.29, 0.717) is 29.4 Å². The molecule has 0 spiro atoms. The summed E-state index contributed by atoms with van der Waals surface area (Å²) in [5.41, 5.74) is 6.06. The highest BCUT2D eigenvalue weighted by Crippen LogP contribution is 2.37. The number of methoxy groups -OCH3 is 1. The lowest BCUT2D eigenvalue weighted by atomic mass is 10.1. The minimum atomic E-state index is -0.446. The molecule has 2 N–H and O–H groups in total. The Morgan fingerprint density at radius 2 is 1.94 bits per heavy atom. The number of halogens is 1. The molecule has 3 aromatic rings. The summed E-state index contributed by atoms with van der Waals surface area (Å²) in [7, 11) is 1.57. The van der Waals surface area contributed by atoms with Gasteiger partial charge in [-0.05, 0) is 31.0 Å². The number of rotatable bonds is 8. The molecule has 31 heavy (non-hydrogen) atoms. The summed E-state index contributed by atoms with van der Waals surface area (Å²) >= 11 is 6.07. The van der Waals surface area contributed by atoms with Crippen LogP contribution in [0, 0.1) is 0 Å². The Morgan fingerprint density at radius 1 is 1.13 bits per heavy atom. The van der Waals surface area contributed by atoms with Crippen molar-refractivity contribution >= 4 is 28.9 Å². The summed E-state index contributed by atoms with van der Waals surface area (Å²) in [4.78, 5) is 30.5. The van der Waals surface area contributed by atoms with Gasteiger partial charge in [0.05, 0.1) is 48.2 Å². The van der Waals surface area contributed by atoms with Crippen molar-refractivity contribution < 1.29 is 14.4 Å². The number of amides is 1. The lowest BCUT2D eigenvalue weighted by Gasteiger charge is -2.17. The molecule has 0 radical (unpaired) electrons. The first-order chi connectivity index (χ1) is 14.9. The number of nitrogens with one attached hydrogen (secondary N) is 2. The number of hydrogen-bond donors (Lipinski definition) is 2. The first-order valence-corrected chi connectivity index (χ1v) is 10.2. The fourth-order valence-electron chi connectivity index (χ4n) is 2.88. The van der Waals surface area contributed by atoms with E-state index in [1.165, 1.54) is 6.20 Å². The summed E-state index contributed by atoms with van der Waals surface area (Å²) in [6, 6.07) is 7.15. The monoisotopic (exact) mass is 441 g/mol. The van der Waals surface area contributed by atoms with Crippen molar-refractivity contribution in [2.75, 3.05) is 19.0 Å². The van der Waals surface area contributed by atoms with Crippen molar-refractivity contribution in [1.82, 2.24) is 20.4 Å². The van der Waals surface area contributed by atoms with E-state index in [1.54, 1.807) is 32.5 Å². The molecule has 1 amide bonds. The van der Waals surface area contributed by atoms with Gasteiger partial charge in [0.2, 0.25) is 0 Å². The van der Waals surface area contributed by atoms with E-state index < -0.39 is 5.91 Å². The van der Waals surface area contributed by atoms with Gasteiger partial charge in [-0.25, -0.2) is 10.5 Å². The van der Waals surface area contributed by atoms with E-state index in [1.807, 2.05) is 18.2 Å². The Hall–Kier alpha value is -3.23. The van der Waals surface area contributed by atoms with Crippen LogP contribution in [0.4, 0.5) is 11.4 Å². The van der Waals surface area contributed by atoms with Crippen LogP contribution in [0.15, 0.2) is 42.9 Å². The van der Waals surface area contributed by atoms with Crippen molar-refractivity contribution in [3.63, 3.8) is 0 Å². The van der Waals surface area contributed by atoms with Crippen molar-refractivity contribution in [3.05, 3.63) is 59.3 Å². The number of hydrogen-bond acceptors (Lipinski definition) is 7. The molecule has 3 rings (SSSR count). The molecule has 9 heteroatoms. The topological polar surface area (TPSA) is 98.3 Å². The Kier molecular flexibility index (Phi) is 7.38. The van der Waals surface area contributed by atoms with Crippen molar-refractivity contribution in [3.8, 4) is 17.0 Å². The summed E-state index contributed by atoms with van der Waals surface area (Å²) in [6.45, 7) is 6.23. The van der Waals surface area contributed by atoms with Gasteiger partial charge in [-0.1, -0.05) is 31.5 Å². The molecular weight excluding hydrogens is 418 g/mol. The number of carbonyl (C=O) groups is 1. The molecule has 0 aliphatic heterocycles. The van der Waals surface area contributed by atoms with Crippen LogP contribution >= 0.6 is 11.6 Å². The highest BCUT2D eigenvalue weighted by Gasteiger charge is 2.17. The standard InChI is InChI=1S/C22H24ClN5O3/c1-5-31-28-22(29)15-10-26-20(23)9-17(15)27-16-8-6-7-14(21(16)30-4)19-12-24-18(11-25-19)13(2)3/h6-13H,5H2,1-4H3,(H,26,27)(H,28,29). The highest BCUT2D eigenvalue weighted by molar-refractivity contribution is 6.29. The minimum Gasteiger partial charge on any atom is -0.494 e. The number of hydroxylamine groups is 1. The number of nitrogens with zero attached hydrogens (tertiary/aromatic N) is 3. The molecule has 0 bridgehead atoms. The number of aromatic nitrogens is 3. The second-order valence-corrected chi connectivity index (χ2v) is 7.30. The number of pyridine rings is 1. The van der Waals surface area contributed by atoms with Crippen LogP contribution in [-0.2, 0) is 4.84 Å². The largest absolute Gasteiger partial charge is 0.494 e. The number of para-hydroxylation sites is 1. The number of ether oxygens (including phenoxy) is 1. The van der Waals surface area contributed by atoms with Gasteiger partial charge in [0.1, 0.15) is 5.15 Å². The van der Waals surface area contributed by atoms with E-state index in [0.717, 1.165) is 11.3 Å². The maximum absolute atomic E-state index is 12.4. The molecular formula is C22H24ClN5O3. The predicted molar refractivity (Wildman–Crippen MR) is 120 cm³/mol. The molecule has 2 aromatic heterocycles. The Morgan fingerprint density at radius 3 is 2.58 bits per heavy atom. The third-order valence-electron chi connectivity index (χ3n) is 4.45. The van der Waals surface area contributed by atoms with Crippen LogP contribution in [0.2, 0.25) is 5.15 Å². The van der Waals surface area contributed by atoms with Gasteiger partial charge in [-0.2, -0.15) is 0 Å². The number of carbonyl (C=O) groups excluding carboxylic acids is 1. The van der Waals surface area contributed by atoms with Crippen molar-refractivity contribution in [2.24, 2.45) is 0 Å². The van der Waals surface area contributed by atoms with Gasteiger partial charge < -0.3 is 10.1 Å². The van der Waals surface area contributed by atoms with E-state index in [9.17, 15) is 4.79 Å². The van der Waals surface area contributed by atoms with Gasteiger partial charge in [-0.3, -0.25) is 19.6 Å². The third kappa shape index (κ3) is 5.28. The molecule has 8 nitrogen and oxygen atoms in total. The van der Waals surface area contributed by atoms with Crippen LogP contribution in [0.3, 0.4) is 0 Å². The second kappa shape index (κ2) is 10.2. The van der Waals surface area contributed by atoms with Crippen LogP contribution < -0.4 is 15.5 Å². The Bertz CT molecular complexity index is 1060. The molecule has 1 aromatic carbocycles. The highest BCUT2D eigenvalue weighted by atomic mass is 35.5. The average molecular weight is 442 g/mol. The Labute approximate surface area is 186 Å². The molecule has 0 atom stereocenters. The summed E-state index contributed by atoms with van der Waals surface area (Å²) in [5, 5.41) is 3.45. The average Bonchev–Trinajstić information content (AvgIpc) is 2.77. The van der Waals surface area contributed by atoms with Crippen LogP contribution in [-0.4, -0.2) is 34.6 Å². The van der Waals surface area contributed by atoms with Crippen molar-refractivity contribution in [2.45, 2.75) is 26.7 Å². The zero-order valence-electron chi connectivity index (χ0n) is 17.8. The summed E-state index contributed by atoms with van der Waals surface area (Å²) in [6.07, 6.45) is 4.87. The lowest BCUT2D eigenvalue weighted by molar-refractivity contribution is 0.0365. The van der Waals surface area contributed by atoms with E-state index in [4.69, 9.17) is 21.2 Å². The first kappa shape index (κ1) is 22.5. The fourth-order valence-corrected chi connectivity index (χ4v) is 3.04. The SMILES string of the molecule is CCONC(=O)c1cnc(Cl)cc1Nc1cccc(-c2cnc(C(C)C)cn2)c1OC. The number of benzene rings is 1. The molecule has 0 saturated heterocycles. The smallest absolute Gasteiger partial charge is 0.278 e. The van der Waals surface area contributed by atoms with Crippen molar-refractivity contribution in [1.29, 1.82) is 0 Å². The van der Waals surface area contributed by atoms with E-state index in [-0.39, 0.29) is 16.6 Å². The maximum atomic E-state index is 12.4. The normalized spacial score (nSPS) is 10.8. The van der Waals surface area contributed by atoms with Gasteiger partial charge in [0.25, 0.3) is 5.91 Å². The minimum absolute atomic E-state index is 0.237. The zero-order chi connectivity index (χ0) is 22.4. The first-order valence-electron chi connectivity index (χ1n) is 9.78. The maximum Gasteiger partial charge on any atom is 0.278 e. The molecule has 0 aliphatic carbocycles. The molecule has 0 fully saturated rings. The zero-order valence-corrected chi connectivity index (χ0v) is 18.5. The second-order valence-electron chi connectivity index (χ2n) is 6.91. The fraction of sp³-hybridized carbons (Fsp3) is 0.273. The molecule has 162 valence electrons. The van der Waals surface area contributed by atoms with Gasteiger partial charge in [0, 0.05) is 18.0 Å². The third-order valence-corrected chi connectivity index (χ3v) is 4.66. The van der Waals surface area contributed by atoms with Gasteiger partial charge in [-0.15, -0.1) is 0 Å². The van der Waals surface area contributed by atoms with Crippen LogP contribution in [0.1, 0.15) is 42.7 Å². The molecule has 2 heterocycles. The lowest BCUT2D eigenvalue weighted by Crippen LogP contribution is -2.24. The summed E-state index contributed by atoms with van der Waals surface area (Å²) in [5.74, 6) is 0.395.